The van der Waals surface area contributed by atoms with Crippen LogP contribution in [-0.4, -0.2) is 23.9 Å². The van der Waals surface area contributed by atoms with E-state index in [2.05, 4.69) is 34.5 Å². The van der Waals surface area contributed by atoms with Crippen LogP contribution in [0.3, 0.4) is 0 Å². The number of carbonyl (C=O) groups is 1. The summed E-state index contributed by atoms with van der Waals surface area (Å²) in [7, 11) is 0. The van der Waals surface area contributed by atoms with E-state index in [1.165, 1.54) is 18.4 Å². The number of carbonyl (C=O) groups excluding carboxylic acids is 1. The van der Waals surface area contributed by atoms with Crippen molar-refractivity contribution in [1.82, 2.24) is 10.2 Å². The van der Waals surface area contributed by atoms with Crippen molar-refractivity contribution in [3.8, 4) is 17.2 Å². The van der Waals surface area contributed by atoms with Gasteiger partial charge in [0.2, 0.25) is 0 Å². The van der Waals surface area contributed by atoms with Gasteiger partial charge < -0.3 is 5.32 Å². The summed E-state index contributed by atoms with van der Waals surface area (Å²) in [5.41, 5.74) is 5.11. The smallest absolute Gasteiger partial charge is 0.252 e. The molecule has 4 nitrogen and oxygen atoms in total. The van der Waals surface area contributed by atoms with Crippen molar-refractivity contribution in [2.45, 2.75) is 25.9 Å². The number of likely N-dealkylation sites (tertiary alicyclic amines) is 1. The predicted molar refractivity (Wildman–Crippen MR) is 119 cm³/mol. The van der Waals surface area contributed by atoms with E-state index >= 15 is 0 Å². The van der Waals surface area contributed by atoms with Crippen LogP contribution in [0.4, 0.5) is 0 Å². The molecule has 3 aromatic carbocycles. The summed E-state index contributed by atoms with van der Waals surface area (Å²) >= 11 is 0. The average Bonchev–Trinajstić information content (AvgIpc) is 3.31. The Balaban J connectivity index is 1.53. The minimum atomic E-state index is -0.130. The van der Waals surface area contributed by atoms with Gasteiger partial charge in [0.05, 0.1) is 11.6 Å². The number of nitriles is 1. The second-order valence-corrected chi connectivity index (χ2v) is 7.64. The lowest BCUT2D eigenvalue weighted by atomic mass is 9.95. The van der Waals surface area contributed by atoms with Crippen molar-refractivity contribution >= 4 is 5.91 Å². The number of nitrogens with one attached hydrogen (secondary N) is 1. The molecule has 1 fully saturated rings. The standard InChI is InChI=1S/C26H25N3O/c27-17-20-9-3-4-12-23(20)24-13-5-6-14-25(24)26(30)28-18-21-10-1-2-11-22(21)19-29-15-7-8-16-29/h1-6,9-14H,7-8,15-16,18-19H2,(H,28,30). The largest absolute Gasteiger partial charge is 0.348 e. The van der Waals surface area contributed by atoms with Gasteiger partial charge in [0.15, 0.2) is 0 Å². The minimum Gasteiger partial charge on any atom is -0.348 e. The Labute approximate surface area is 177 Å². The molecule has 1 N–H and O–H groups in total. The predicted octanol–water partition coefficient (Wildman–Crippen LogP) is 4.75. The topological polar surface area (TPSA) is 56.1 Å². The summed E-state index contributed by atoms with van der Waals surface area (Å²) in [6, 6.07) is 25.4. The summed E-state index contributed by atoms with van der Waals surface area (Å²) in [5, 5.41) is 12.5. The van der Waals surface area contributed by atoms with E-state index in [0.29, 0.717) is 17.7 Å². The van der Waals surface area contributed by atoms with Crippen molar-refractivity contribution in [3.05, 3.63) is 95.1 Å². The highest BCUT2D eigenvalue weighted by Gasteiger charge is 2.16. The number of amides is 1. The lowest BCUT2D eigenvalue weighted by molar-refractivity contribution is 0.0951. The average molecular weight is 396 g/mol. The zero-order chi connectivity index (χ0) is 20.8. The first-order chi connectivity index (χ1) is 14.8. The molecule has 3 aromatic rings. The van der Waals surface area contributed by atoms with Crippen molar-refractivity contribution in [1.29, 1.82) is 5.26 Å². The van der Waals surface area contributed by atoms with Gasteiger partial charge in [-0.1, -0.05) is 60.7 Å². The van der Waals surface area contributed by atoms with E-state index < -0.39 is 0 Å². The SMILES string of the molecule is N#Cc1ccccc1-c1ccccc1C(=O)NCc1ccccc1CN1CCCC1. The van der Waals surface area contributed by atoms with Gasteiger partial charge >= 0.3 is 0 Å². The second-order valence-electron chi connectivity index (χ2n) is 7.64. The van der Waals surface area contributed by atoms with Gasteiger partial charge in [0.25, 0.3) is 5.91 Å². The maximum atomic E-state index is 13.1. The van der Waals surface area contributed by atoms with Crippen LogP contribution >= 0.6 is 0 Å². The molecule has 0 atom stereocenters. The molecule has 0 saturated carbocycles. The third-order valence-electron chi connectivity index (χ3n) is 5.66. The van der Waals surface area contributed by atoms with Crippen LogP contribution in [0.2, 0.25) is 0 Å². The molecule has 0 aliphatic carbocycles. The van der Waals surface area contributed by atoms with E-state index in [4.69, 9.17) is 0 Å². The van der Waals surface area contributed by atoms with Gasteiger partial charge in [-0.15, -0.1) is 0 Å². The highest BCUT2D eigenvalue weighted by molar-refractivity contribution is 6.01. The summed E-state index contributed by atoms with van der Waals surface area (Å²) < 4.78 is 0. The van der Waals surface area contributed by atoms with Gasteiger partial charge in [-0.3, -0.25) is 9.69 Å². The normalized spacial score (nSPS) is 13.7. The van der Waals surface area contributed by atoms with Crippen molar-refractivity contribution in [2.75, 3.05) is 13.1 Å². The molecule has 0 spiro atoms. The minimum absolute atomic E-state index is 0.130. The molecule has 0 radical (unpaired) electrons. The highest BCUT2D eigenvalue weighted by Crippen LogP contribution is 2.27. The van der Waals surface area contributed by atoms with Gasteiger partial charge in [0, 0.05) is 24.2 Å². The number of rotatable bonds is 6. The first kappa shape index (κ1) is 19.9. The summed E-state index contributed by atoms with van der Waals surface area (Å²) in [6.07, 6.45) is 2.53. The van der Waals surface area contributed by atoms with Crippen LogP contribution in [0.15, 0.2) is 72.8 Å². The first-order valence-electron chi connectivity index (χ1n) is 10.4. The molecule has 4 rings (SSSR count). The van der Waals surface area contributed by atoms with E-state index in [1.807, 2.05) is 48.5 Å². The quantitative estimate of drug-likeness (QED) is 0.655. The highest BCUT2D eigenvalue weighted by atomic mass is 16.1. The summed E-state index contributed by atoms with van der Waals surface area (Å²) in [4.78, 5) is 15.5. The van der Waals surface area contributed by atoms with E-state index in [-0.39, 0.29) is 5.91 Å². The Kier molecular flexibility index (Phi) is 6.22. The molecule has 4 heteroatoms. The number of benzene rings is 3. The Bertz CT molecular complexity index is 1080. The van der Waals surface area contributed by atoms with Crippen molar-refractivity contribution in [3.63, 3.8) is 0 Å². The van der Waals surface area contributed by atoms with Crippen molar-refractivity contribution in [2.24, 2.45) is 0 Å². The molecule has 0 bridgehead atoms. The molecule has 1 aliphatic rings. The number of hydrogen-bond acceptors (Lipinski definition) is 3. The zero-order valence-electron chi connectivity index (χ0n) is 17.0. The van der Waals surface area contributed by atoms with Crippen LogP contribution < -0.4 is 5.32 Å². The summed E-state index contributed by atoms with van der Waals surface area (Å²) in [5.74, 6) is -0.130. The fourth-order valence-corrected chi connectivity index (χ4v) is 4.07. The maximum absolute atomic E-state index is 13.1. The third kappa shape index (κ3) is 4.42. The van der Waals surface area contributed by atoms with Gasteiger partial charge in [-0.25, -0.2) is 0 Å². The fraction of sp³-hybridized carbons (Fsp3) is 0.231. The summed E-state index contributed by atoms with van der Waals surface area (Å²) in [6.45, 7) is 3.70. The van der Waals surface area contributed by atoms with Crippen LogP contribution in [-0.2, 0) is 13.1 Å². The molecule has 1 saturated heterocycles. The Morgan fingerprint density at radius 2 is 1.50 bits per heavy atom. The fourth-order valence-electron chi connectivity index (χ4n) is 4.07. The zero-order valence-corrected chi connectivity index (χ0v) is 17.0. The van der Waals surface area contributed by atoms with Crippen LogP contribution in [0.1, 0.15) is 39.9 Å². The van der Waals surface area contributed by atoms with Crippen LogP contribution in [0, 0.1) is 11.3 Å². The van der Waals surface area contributed by atoms with Gasteiger partial charge in [0.1, 0.15) is 0 Å². The number of hydrogen-bond donors (Lipinski definition) is 1. The van der Waals surface area contributed by atoms with E-state index in [0.717, 1.165) is 36.3 Å². The molecule has 0 aromatic heterocycles. The second kappa shape index (κ2) is 9.39. The lowest BCUT2D eigenvalue weighted by Gasteiger charge is -2.18. The Morgan fingerprint density at radius 1 is 0.867 bits per heavy atom. The Hall–Kier alpha value is -3.42. The Morgan fingerprint density at radius 3 is 2.27 bits per heavy atom. The monoisotopic (exact) mass is 395 g/mol. The van der Waals surface area contributed by atoms with E-state index in [1.54, 1.807) is 6.07 Å². The molecular formula is C26H25N3O. The van der Waals surface area contributed by atoms with Crippen LogP contribution in [0.25, 0.3) is 11.1 Å². The molecule has 1 aliphatic heterocycles. The third-order valence-corrected chi connectivity index (χ3v) is 5.66. The van der Waals surface area contributed by atoms with E-state index in [9.17, 15) is 10.1 Å². The lowest BCUT2D eigenvalue weighted by Crippen LogP contribution is -2.25. The number of nitrogens with zero attached hydrogens (tertiary/aromatic N) is 2. The molecule has 1 amide bonds. The molecule has 0 unspecified atom stereocenters. The first-order valence-corrected chi connectivity index (χ1v) is 10.4. The molecule has 30 heavy (non-hydrogen) atoms. The molecule has 150 valence electrons. The van der Waals surface area contributed by atoms with Crippen LogP contribution in [0.5, 0.6) is 0 Å². The van der Waals surface area contributed by atoms with Gasteiger partial charge in [-0.2, -0.15) is 5.26 Å². The van der Waals surface area contributed by atoms with Gasteiger partial charge in [-0.05, 0) is 54.8 Å². The van der Waals surface area contributed by atoms with Crippen molar-refractivity contribution < 1.29 is 4.79 Å². The molecular weight excluding hydrogens is 370 g/mol. The molecule has 1 heterocycles. The maximum Gasteiger partial charge on any atom is 0.252 e.